The lowest BCUT2D eigenvalue weighted by Gasteiger charge is -2.29. The van der Waals surface area contributed by atoms with Crippen molar-refractivity contribution in [1.29, 1.82) is 0 Å². The van der Waals surface area contributed by atoms with Crippen LogP contribution in [-0.2, 0) is 0 Å². The van der Waals surface area contributed by atoms with Gasteiger partial charge in [-0.15, -0.1) is 0 Å². The number of carbonyl (C=O) groups is 1. The first-order valence-electron chi connectivity index (χ1n) is 9.36. The third kappa shape index (κ3) is 3.96. The number of phenols is 1. The zero-order chi connectivity index (χ0) is 20.5. The quantitative estimate of drug-likeness (QED) is 0.543. The zero-order valence-corrected chi connectivity index (χ0v) is 16.9. The first kappa shape index (κ1) is 19.7. The molecule has 2 aromatic carbocycles. The summed E-state index contributed by atoms with van der Waals surface area (Å²) in [6.45, 7) is 8.11. The number of carbonyl (C=O) groups excluding carboxylic acids is 1. The van der Waals surface area contributed by atoms with Crippen molar-refractivity contribution in [3.8, 4) is 17.2 Å². The molecule has 1 aliphatic heterocycles. The van der Waals surface area contributed by atoms with Gasteiger partial charge in [-0.2, -0.15) is 0 Å². The van der Waals surface area contributed by atoms with Gasteiger partial charge in [0, 0.05) is 6.07 Å². The summed E-state index contributed by atoms with van der Waals surface area (Å²) in [6.07, 6.45) is 6.81. The van der Waals surface area contributed by atoms with Crippen LogP contribution in [0.1, 0.15) is 60.7 Å². The number of rotatable bonds is 5. The van der Waals surface area contributed by atoms with Crippen molar-refractivity contribution in [2.24, 2.45) is 0 Å². The highest BCUT2D eigenvalue weighted by Crippen LogP contribution is 2.43. The Morgan fingerprint density at radius 1 is 1.21 bits per heavy atom. The molecule has 0 radical (unpaired) electrons. The van der Waals surface area contributed by atoms with E-state index in [4.69, 9.17) is 9.47 Å². The lowest BCUT2D eigenvalue weighted by Crippen LogP contribution is -2.27. The highest BCUT2D eigenvalue weighted by Gasteiger charge is 2.28. The Hall–Kier alpha value is -3.01. The van der Waals surface area contributed by atoms with Gasteiger partial charge in [-0.1, -0.05) is 44.2 Å². The van der Waals surface area contributed by atoms with Crippen LogP contribution in [0.3, 0.4) is 0 Å². The van der Waals surface area contributed by atoms with Gasteiger partial charge in [-0.3, -0.25) is 4.79 Å². The number of aromatic hydroxyl groups is 1. The maximum atomic E-state index is 12.8. The van der Waals surface area contributed by atoms with Gasteiger partial charge in [0.2, 0.25) is 0 Å². The number of allylic oxidation sites excluding steroid dienone is 1. The molecule has 0 fully saturated rings. The average molecular weight is 378 g/mol. The molecule has 146 valence electrons. The molecule has 4 nitrogen and oxygen atoms in total. The number of phenolic OH excluding ortho intramolecular Hbond substituents is 1. The third-order valence-corrected chi connectivity index (χ3v) is 4.79. The van der Waals surface area contributed by atoms with E-state index in [-0.39, 0.29) is 22.8 Å². The molecule has 0 amide bonds. The summed E-state index contributed by atoms with van der Waals surface area (Å²) in [6, 6.07) is 9.70. The van der Waals surface area contributed by atoms with Gasteiger partial charge in [0.15, 0.2) is 5.78 Å². The van der Waals surface area contributed by atoms with Gasteiger partial charge >= 0.3 is 0 Å². The van der Waals surface area contributed by atoms with Crippen molar-refractivity contribution in [3.05, 3.63) is 64.7 Å². The number of methoxy groups -OCH3 is 1. The molecule has 28 heavy (non-hydrogen) atoms. The van der Waals surface area contributed by atoms with Crippen LogP contribution in [0.4, 0.5) is 0 Å². The molecule has 0 bridgehead atoms. The molecule has 0 atom stereocenters. The van der Waals surface area contributed by atoms with E-state index in [1.807, 2.05) is 32.1 Å². The second-order valence-corrected chi connectivity index (χ2v) is 7.77. The second kappa shape index (κ2) is 7.55. The van der Waals surface area contributed by atoms with E-state index in [9.17, 15) is 9.90 Å². The molecule has 0 unspecified atom stereocenters. The minimum atomic E-state index is -0.488. The smallest absolute Gasteiger partial charge is 0.193 e. The van der Waals surface area contributed by atoms with Crippen molar-refractivity contribution >= 4 is 17.9 Å². The maximum Gasteiger partial charge on any atom is 0.193 e. The Labute approximate surface area is 166 Å². The summed E-state index contributed by atoms with van der Waals surface area (Å²) in [7, 11) is 1.47. The van der Waals surface area contributed by atoms with Crippen molar-refractivity contribution in [3.63, 3.8) is 0 Å². The molecule has 0 saturated carbocycles. The first-order valence-corrected chi connectivity index (χ1v) is 9.36. The summed E-state index contributed by atoms with van der Waals surface area (Å²) in [5.74, 6) is 0.768. The van der Waals surface area contributed by atoms with E-state index >= 15 is 0 Å². The molecule has 4 heteroatoms. The molecule has 3 rings (SSSR count). The van der Waals surface area contributed by atoms with Crippen LogP contribution in [0, 0.1) is 0 Å². The van der Waals surface area contributed by atoms with Crippen LogP contribution in [0.2, 0.25) is 0 Å². The fourth-order valence-corrected chi connectivity index (χ4v) is 3.13. The lowest BCUT2D eigenvalue weighted by molar-refractivity contribution is 0.104. The van der Waals surface area contributed by atoms with Crippen LogP contribution < -0.4 is 9.47 Å². The highest BCUT2D eigenvalue weighted by atomic mass is 16.5. The van der Waals surface area contributed by atoms with Crippen molar-refractivity contribution < 1.29 is 19.4 Å². The molecule has 0 aromatic heterocycles. The molecular formula is C24H26O4. The largest absolute Gasteiger partial charge is 0.506 e. The maximum absolute atomic E-state index is 12.8. The fourth-order valence-electron chi connectivity index (χ4n) is 3.13. The molecule has 0 spiro atoms. The van der Waals surface area contributed by atoms with E-state index in [0.29, 0.717) is 17.2 Å². The monoisotopic (exact) mass is 378 g/mol. The molecule has 1 N–H and O–H groups in total. The number of hydrogen-bond acceptors (Lipinski definition) is 4. The Kier molecular flexibility index (Phi) is 5.32. The van der Waals surface area contributed by atoms with Gasteiger partial charge in [-0.05, 0) is 49.1 Å². The SMILES string of the molecule is COc1cc2c(c(O)c1C(=O)/C=C/c1ccc(C(C)C)cc1)C=CC(C)(C)O2. The number of ether oxygens (including phenoxy) is 2. The zero-order valence-electron chi connectivity index (χ0n) is 16.9. The molecular weight excluding hydrogens is 352 g/mol. The standard InChI is InChI=1S/C24H26O4/c1-15(2)17-9-6-16(7-10-17)8-11-19(25)22-21(27-5)14-20-18(23(22)26)12-13-24(3,4)28-20/h6-15,26H,1-5H3/b11-8+. The number of ketones is 1. The molecule has 1 heterocycles. The number of fused-ring (bicyclic) bond motifs is 1. The van der Waals surface area contributed by atoms with Crippen LogP contribution >= 0.6 is 0 Å². The van der Waals surface area contributed by atoms with Crippen LogP contribution in [0.25, 0.3) is 12.2 Å². The van der Waals surface area contributed by atoms with E-state index in [1.165, 1.54) is 18.7 Å². The van der Waals surface area contributed by atoms with E-state index in [0.717, 1.165) is 5.56 Å². The van der Waals surface area contributed by atoms with Gasteiger partial charge in [-0.25, -0.2) is 0 Å². The lowest BCUT2D eigenvalue weighted by atomic mass is 9.97. The molecule has 0 saturated heterocycles. The van der Waals surface area contributed by atoms with Crippen molar-refractivity contribution in [2.75, 3.05) is 7.11 Å². The third-order valence-electron chi connectivity index (χ3n) is 4.79. The Balaban J connectivity index is 1.93. The van der Waals surface area contributed by atoms with Gasteiger partial charge in [0.05, 0.1) is 12.7 Å². The summed E-state index contributed by atoms with van der Waals surface area (Å²) in [4.78, 5) is 12.8. The molecule has 0 aliphatic carbocycles. The van der Waals surface area contributed by atoms with Gasteiger partial charge in [0.25, 0.3) is 0 Å². The minimum absolute atomic E-state index is 0.129. The second-order valence-electron chi connectivity index (χ2n) is 7.77. The predicted octanol–water partition coefficient (Wildman–Crippen LogP) is 5.60. The van der Waals surface area contributed by atoms with E-state index in [1.54, 1.807) is 18.2 Å². The minimum Gasteiger partial charge on any atom is -0.506 e. The summed E-state index contributed by atoms with van der Waals surface area (Å²) < 4.78 is 11.2. The first-order chi connectivity index (χ1) is 13.2. The topological polar surface area (TPSA) is 55.8 Å². The van der Waals surface area contributed by atoms with Crippen molar-refractivity contribution in [2.45, 2.75) is 39.2 Å². The van der Waals surface area contributed by atoms with Crippen LogP contribution in [0.5, 0.6) is 17.2 Å². The Morgan fingerprint density at radius 2 is 1.89 bits per heavy atom. The summed E-state index contributed by atoms with van der Waals surface area (Å²) in [5.41, 5.74) is 2.28. The van der Waals surface area contributed by atoms with Crippen molar-refractivity contribution in [1.82, 2.24) is 0 Å². The normalized spacial score (nSPS) is 14.8. The van der Waals surface area contributed by atoms with Crippen LogP contribution in [-0.4, -0.2) is 23.6 Å². The molecule has 2 aromatic rings. The van der Waals surface area contributed by atoms with Gasteiger partial charge < -0.3 is 14.6 Å². The molecule has 1 aliphatic rings. The fraction of sp³-hybridized carbons (Fsp3) is 0.292. The van der Waals surface area contributed by atoms with E-state index < -0.39 is 5.60 Å². The highest BCUT2D eigenvalue weighted by molar-refractivity contribution is 6.11. The average Bonchev–Trinajstić information content (AvgIpc) is 2.65. The van der Waals surface area contributed by atoms with Gasteiger partial charge in [0.1, 0.15) is 28.4 Å². The number of benzene rings is 2. The Morgan fingerprint density at radius 3 is 2.50 bits per heavy atom. The Bertz CT molecular complexity index is 948. The van der Waals surface area contributed by atoms with Crippen LogP contribution in [0.15, 0.2) is 42.5 Å². The predicted molar refractivity (Wildman–Crippen MR) is 112 cm³/mol. The number of hydrogen-bond donors (Lipinski definition) is 1. The summed E-state index contributed by atoms with van der Waals surface area (Å²) in [5, 5.41) is 10.7. The summed E-state index contributed by atoms with van der Waals surface area (Å²) >= 11 is 0. The van der Waals surface area contributed by atoms with E-state index in [2.05, 4.69) is 26.0 Å².